The van der Waals surface area contributed by atoms with Gasteiger partial charge in [-0.25, -0.2) is 0 Å². The van der Waals surface area contributed by atoms with Crippen molar-refractivity contribution in [2.75, 3.05) is 13.1 Å². The highest BCUT2D eigenvalue weighted by Crippen LogP contribution is 2.27. The standard InChI is InChI=1S/C12H24N2/c1-12(13)8-5-9-14(10-12)11-6-3-2-4-7-11/h11H,2-10,13H2,1H3. The molecule has 2 nitrogen and oxygen atoms in total. The first-order chi connectivity index (χ1) is 6.67. The minimum atomic E-state index is 0.0791. The molecule has 1 saturated carbocycles. The van der Waals surface area contributed by atoms with Crippen molar-refractivity contribution in [2.24, 2.45) is 5.73 Å². The average Bonchev–Trinajstić information content (AvgIpc) is 2.18. The molecular weight excluding hydrogens is 172 g/mol. The van der Waals surface area contributed by atoms with E-state index in [1.54, 1.807) is 0 Å². The van der Waals surface area contributed by atoms with E-state index in [4.69, 9.17) is 5.73 Å². The lowest BCUT2D eigenvalue weighted by Crippen LogP contribution is -2.55. The van der Waals surface area contributed by atoms with E-state index in [-0.39, 0.29) is 5.54 Å². The van der Waals surface area contributed by atoms with Crippen LogP contribution in [0.4, 0.5) is 0 Å². The Kier molecular flexibility index (Phi) is 3.13. The molecule has 0 aromatic rings. The van der Waals surface area contributed by atoms with Crippen LogP contribution in [0.5, 0.6) is 0 Å². The average molecular weight is 196 g/mol. The number of piperidine rings is 1. The van der Waals surface area contributed by atoms with Crippen molar-refractivity contribution in [1.82, 2.24) is 4.90 Å². The molecule has 0 aromatic heterocycles. The highest BCUT2D eigenvalue weighted by molar-refractivity contribution is 4.90. The van der Waals surface area contributed by atoms with E-state index in [0.717, 1.165) is 12.6 Å². The van der Waals surface area contributed by atoms with Gasteiger partial charge in [0.1, 0.15) is 0 Å². The topological polar surface area (TPSA) is 29.3 Å². The molecule has 1 atom stereocenters. The van der Waals surface area contributed by atoms with E-state index < -0.39 is 0 Å². The second kappa shape index (κ2) is 4.19. The summed E-state index contributed by atoms with van der Waals surface area (Å²) in [6.45, 7) is 4.62. The summed E-state index contributed by atoms with van der Waals surface area (Å²) in [7, 11) is 0. The van der Waals surface area contributed by atoms with Crippen molar-refractivity contribution in [1.29, 1.82) is 0 Å². The van der Waals surface area contributed by atoms with Gasteiger partial charge in [-0.05, 0) is 39.2 Å². The van der Waals surface area contributed by atoms with Crippen LogP contribution in [0.3, 0.4) is 0 Å². The smallest absolute Gasteiger partial charge is 0.0255 e. The van der Waals surface area contributed by atoms with Crippen molar-refractivity contribution < 1.29 is 0 Å². The third kappa shape index (κ3) is 2.48. The zero-order valence-electron chi connectivity index (χ0n) is 9.47. The molecule has 2 rings (SSSR count). The monoisotopic (exact) mass is 196 g/mol. The van der Waals surface area contributed by atoms with Gasteiger partial charge in [-0.3, -0.25) is 4.90 Å². The molecule has 0 spiro atoms. The lowest BCUT2D eigenvalue weighted by molar-refractivity contribution is 0.0904. The van der Waals surface area contributed by atoms with E-state index in [1.165, 1.54) is 51.5 Å². The normalized spacial score (nSPS) is 37.3. The largest absolute Gasteiger partial charge is 0.324 e. The number of hydrogen-bond donors (Lipinski definition) is 1. The fraction of sp³-hybridized carbons (Fsp3) is 1.00. The van der Waals surface area contributed by atoms with Crippen LogP contribution in [0.25, 0.3) is 0 Å². The Labute approximate surface area is 87.8 Å². The summed E-state index contributed by atoms with van der Waals surface area (Å²) in [5.41, 5.74) is 6.31. The Hall–Kier alpha value is -0.0800. The van der Waals surface area contributed by atoms with E-state index >= 15 is 0 Å². The first kappa shape index (κ1) is 10.4. The summed E-state index contributed by atoms with van der Waals surface area (Å²) >= 11 is 0. The van der Waals surface area contributed by atoms with Gasteiger partial charge in [0.15, 0.2) is 0 Å². The molecule has 2 heteroatoms. The van der Waals surface area contributed by atoms with Crippen LogP contribution in [-0.4, -0.2) is 29.6 Å². The number of rotatable bonds is 1. The zero-order valence-corrected chi connectivity index (χ0v) is 9.47. The van der Waals surface area contributed by atoms with Gasteiger partial charge < -0.3 is 5.73 Å². The van der Waals surface area contributed by atoms with Crippen molar-refractivity contribution in [3.05, 3.63) is 0 Å². The van der Waals surface area contributed by atoms with Crippen LogP contribution in [0.2, 0.25) is 0 Å². The van der Waals surface area contributed by atoms with Gasteiger partial charge >= 0.3 is 0 Å². The number of hydrogen-bond acceptors (Lipinski definition) is 2. The molecule has 2 fully saturated rings. The van der Waals surface area contributed by atoms with Crippen LogP contribution in [0.1, 0.15) is 51.9 Å². The molecule has 1 unspecified atom stereocenters. The Balaban J connectivity index is 1.89. The third-order valence-corrected chi connectivity index (χ3v) is 3.85. The fourth-order valence-corrected chi connectivity index (χ4v) is 3.07. The van der Waals surface area contributed by atoms with Gasteiger partial charge in [-0.2, -0.15) is 0 Å². The summed E-state index contributed by atoms with van der Waals surface area (Å²) in [4.78, 5) is 2.66. The number of nitrogens with two attached hydrogens (primary N) is 1. The van der Waals surface area contributed by atoms with Crippen LogP contribution in [0.15, 0.2) is 0 Å². The summed E-state index contributed by atoms with van der Waals surface area (Å²) in [6.07, 6.45) is 9.64. The predicted octanol–water partition coefficient (Wildman–Crippen LogP) is 2.13. The van der Waals surface area contributed by atoms with Gasteiger partial charge in [-0.15, -0.1) is 0 Å². The van der Waals surface area contributed by atoms with E-state index in [0.29, 0.717) is 0 Å². The van der Waals surface area contributed by atoms with Crippen LogP contribution in [-0.2, 0) is 0 Å². The van der Waals surface area contributed by atoms with Crippen LogP contribution in [0, 0.1) is 0 Å². The second-order valence-corrected chi connectivity index (χ2v) is 5.52. The summed E-state index contributed by atoms with van der Waals surface area (Å²) in [6, 6.07) is 0.854. The Morgan fingerprint density at radius 2 is 1.86 bits per heavy atom. The highest BCUT2D eigenvalue weighted by Gasteiger charge is 2.31. The molecule has 1 aliphatic carbocycles. The van der Waals surface area contributed by atoms with Crippen molar-refractivity contribution >= 4 is 0 Å². The van der Waals surface area contributed by atoms with Crippen molar-refractivity contribution in [3.8, 4) is 0 Å². The van der Waals surface area contributed by atoms with Gasteiger partial charge in [-0.1, -0.05) is 19.3 Å². The molecule has 0 aromatic carbocycles. The minimum Gasteiger partial charge on any atom is -0.324 e. The maximum atomic E-state index is 6.23. The summed E-state index contributed by atoms with van der Waals surface area (Å²) in [5, 5.41) is 0. The highest BCUT2D eigenvalue weighted by atomic mass is 15.2. The second-order valence-electron chi connectivity index (χ2n) is 5.52. The SMILES string of the molecule is CC1(N)CCCN(C2CCCCC2)C1. The van der Waals surface area contributed by atoms with Gasteiger partial charge in [0.2, 0.25) is 0 Å². The quantitative estimate of drug-likeness (QED) is 0.696. The Morgan fingerprint density at radius 1 is 1.14 bits per heavy atom. The molecule has 14 heavy (non-hydrogen) atoms. The van der Waals surface area contributed by atoms with Gasteiger partial charge in [0.25, 0.3) is 0 Å². The molecule has 1 heterocycles. The lowest BCUT2D eigenvalue weighted by atomic mass is 9.87. The van der Waals surface area contributed by atoms with E-state index in [2.05, 4.69) is 11.8 Å². The zero-order chi connectivity index (χ0) is 10.0. The Bertz CT molecular complexity index is 183. The Morgan fingerprint density at radius 3 is 2.50 bits per heavy atom. The van der Waals surface area contributed by atoms with Crippen molar-refractivity contribution in [3.63, 3.8) is 0 Å². The molecule has 2 N–H and O–H groups in total. The van der Waals surface area contributed by atoms with Gasteiger partial charge in [0.05, 0.1) is 0 Å². The fourth-order valence-electron chi connectivity index (χ4n) is 3.07. The molecule has 82 valence electrons. The first-order valence-electron chi connectivity index (χ1n) is 6.20. The molecule has 1 saturated heterocycles. The first-order valence-corrected chi connectivity index (χ1v) is 6.20. The van der Waals surface area contributed by atoms with Crippen LogP contribution >= 0.6 is 0 Å². The lowest BCUT2D eigenvalue weighted by Gasteiger charge is -2.43. The van der Waals surface area contributed by atoms with Gasteiger partial charge in [0, 0.05) is 18.1 Å². The summed E-state index contributed by atoms with van der Waals surface area (Å²) < 4.78 is 0. The van der Waals surface area contributed by atoms with Crippen LogP contribution < -0.4 is 5.73 Å². The minimum absolute atomic E-state index is 0.0791. The molecule has 0 amide bonds. The molecule has 0 radical (unpaired) electrons. The number of nitrogens with zero attached hydrogens (tertiary/aromatic N) is 1. The van der Waals surface area contributed by atoms with E-state index in [9.17, 15) is 0 Å². The number of likely N-dealkylation sites (tertiary alicyclic amines) is 1. The molecule has 2 aliphatic rings. The summed E-state index contributed by atoms with van der Waals surface area (Å²) in [5.74, 6) is 0. The maximum Gasteiger partial charge on any atom is 0.0255 e. The maximum absolute atomic E-state index is 6.23. The molecular formula is C12H24N2. The van der Waals surface area contributed by atoms with E-state index in [1.807, 2.05) is 0 Å². The predicted molar refractivity (Wildman–Crippen MR) is 60.3 cm³/mol. The third-order valence-electron chi connectivity index (χ3n) is 3.85. The molecule has 1 aliphatic heterocycles. The molecule has 0 bridgehead atoms. The van der Waals surface area contributed by atoms with Crippen molar-refractivity contribution in [2.45, 2.75) is 63.5 Å².